The Morgan fingerprint density at radius 2 is 2.03 bits per heavy atom. The van der Waals surface area contributed by atoms with Crippen molar-refractivity contribution < 1.29 is 14.6 Å². The number of benzene rings is 2. The smallest absolute Gasteiger partial charge is 0.303 e. The highest BCUT2D eigenvalue weighted by Gasteiger charge is 2.28. The molecule has 1 heterocycles. The first-order valence-electron chi connectivity index (χ1n) is 10.8. The summed E-state index contributed by atoms with van der Waals surface area (Å²) in [5.41, 5.74) is 2.40. The van der Waals surface area contributed by atoms with E-state index >= 15 is 0 Å². The molecule has 5 nitrogen and oxygen atoms in total. The zero-order chi connectivity index (χ0) is 22.2. The predicted molar refractivity (Wildman–Crippen MR) is 131 cm³/mol. The lowest BCUT2D eigenvalue weighted by atomic mass is 10.1. The largest absolute Gasteiger partial charge is 0.492 e. The lowest BCUT2D eigenvalue weighted by molar-refractivity contribution is -0.137. The van der Waals surface area contributed by atoms with Crippen LogP contribution in [-0.2, 0) is 4.79 Å². The molecule has 31 heavy (non-hydrogen) atoms. The fourth-order valence-corrected chi connectivity index (χ4v) is 5.31. The van der Waals surface area contributed by atoms with Crippen LogP contribution in [0.5, 0.6) is 5.75 Å². The third-order valence-electron chi connectivity index (χ3n) is 5.44. The molecule has 1 aliphatic rings. The Labute approximate surface area is 194 Å². The number of rotatable bonds is 10. The molecule has 1 N–H and O–H groups in total. The summed E-state index contributed by atoms with van der Waals surface area (Å²) in [7, 11) is 2.18. The molecular formula is C24H32N2O3S2. The maximum Gasteiger partial charge on any atom is 0.303 e. The Hall–Kier alpha value is -1.83. The normalized spacial score (nSPS) is 16.6. The number of nitrogens with zero attached hydrogens (tertiary/aromatic N) is 2. The average Bonchev–Trinajstić information content (AvgIpc) is 2.90. The molecule has 7 heteroatoms. The standard InChI is InChI=1S/C24H32N2O3S2/c1-4-5-10-19-17-26(18-11-7-6-8-12-18)20-15-23(30-3)21(16-22(20)31-25(19)2)29-14-9-13-24(27)28/h6-8,11-12,15-16,19H,4-5,9-10,13-14,17H2,1-3H3,(H,27,28). The number of para-hydroxylation sites is 1. The Bertz CT molecular complexity index is 863. The van der Waals surface area contributed by atoms with Crippen molar-refractivity contribution in [2.24, 2.45) is 0 Å². The van der Waals surface area contributed by atoms with Gasteiger partial charge in [-0.25, -0.2) is 4.31 Å². The molecule has 0 radical (unpaired) electrons. The molecule has 0 saturated heterocycles. The molecule has 0 aliphatic carbocycles. The average molecular weight is 461 g/mol. The molecule has 0 aromatic heterocycles. The van der Waals surface area contributed by atoms with E-state index in [1.165, 1.54) is 24.2 Å². The fraction of sp³-hybridized carbons (Fsp3) is 0.458. The van der Waals surface area contributed by atoms with Gasteiger partial charge in [-0.05, 0) is 62.4 Å². The van der Waals surface area contributed by atoms with E-state index in [-0.39, 0.29) is 6.42 Å². The summed E-state index contributed by atoms with van der Waals surface area (Å²) in [5.74, 6) is 0.0435. The van der Waals surface area contributed by atoms with Crippen molar-refractivity contribution in [2.75, 3.05) is 31.4 Å². The van der Waals surface area contributed by atoms with Gasteiger partial charge in [-0.3, -0.25) is 4.79 Å². The number of thioether (sulfide) groups is 1. The quantitative estimate of drug-likeness (QED) is 0.254. The minimum atomic E-state index is -0.788. The topological polar surface area (TPSA) is 53.0 Å². The van der Waals surface area contributed by atoms with Gasteiger partial charge in [0.1, 0.15) is 5.75 Å². The maximum atomic E-state index is 10.8. The third-order valence-corrected chi connectivity index (χ3v) is 7.31. The van der Waals surface area contributed by atoms with E-state index in [4.69, 9.17) is 9.84 Å². The molecule has 0 bridgehead atoms. The zero-order valence-corrected chi connectivity index (χ0v) is 20.2. The van der Waals surface area contributed by atoms with Crippen LogP contribution in [0.2, 0.25) is 0 Å². The van der Waals surface area contributed by atoms with Crippen molar-refractivity contribution in [3.05, 3.63) is 42.5 Å². The van der Waals surface area contributed by atoms with Gasteiger partial charge in [-0.2, -0.15) is 0 Å². The van der Waals surface area contributed by atoms with E-state index in [0.29, 0.717) is 19.1 Å². The summed E-state index contributed by atoms with van der Waals surface area (Å²) in [6.45, 7) is 3.58. The van der Waals surface area contributed by atoms with Crippen molar-refractivity contribution >= 4 is 41.1 Å². The van der Waals surface area contributed by atoms with Crippen molar-refractivity contribution in [3.63, 3.8) is 0 Å². The number of likely N-dealkylation sites (N-methyl/N-ethyl adjacent to an activating group) is 1. The molecule has 168 valence electrons. The molecular weight excluding hydrogens is 428 g/mol. The third kappa shape index (κ3) is 6.34. The first-order valence-corrected chi connectivity index (χ1v) is 12.8. The van der Waals surface area contributed by atoms with Gasteiger partial charge in [0, 0.05) is 24.7 Å². The summed E-state index contributed by atoms with van der Waals surface area (Å²) >= 11 is 3.44. The maximum absolute atomic E-state index is 10.8. The summed E-state index contributed by atoms with van der Waals surface area (Å²) in [6.07, 6.45) is 6.24. The van der Waals surface area contributed by atoms with E-state index in [2.05, 4.69) is 71.9 Å². The molecule has 0 saturated carbocycles. The van der Waals surface area contributed by atoms with E-state index in [1.807, 2.05) is 0 Å². The SMILES string of the molecule is CCCCC1CN(c2ccccc2)c2cc(SC)c(OCCCC(=O)O)cc2SN1C. The second-order valence-electron chi connectivity index (χ2n) is 7.70. The molecule has 0 fully saturated rings. The first-order chi connectivity index (χ1) is 15.0. The zero-order valence-electron chi connectivity index (χ0n) is 18.5. The highest BCUT2D eigenvalue weighted by Crippen LogP contribution is 2.45. The summed E-state index contributed by atoms with van der Waals surface area (Å²) in [4.78, 5) is 15.5. The number of hydrogen-bond acceptors (Lipinski definition) is 6. The number of aliphatic carboxylic acids is 1. The number of hydrogen-bond donors (Lipinski definition) is 1. The second-order valence-corrected chi connectivity index (χ2v) is 9.74. The summed E-state index contributed by atoms with van der Waals surface area (Å²) in [6, 6.07) is 15.4. The minimum Gasteiger partial charge on any atom is -0.492 e. The van der Waals surface area contributed by atoms with Gasteiger partial charge < -0.3 is 14.7 Å². The van der Waals surface area contributed by atoms with E-state index in [0.717, 1.165) is 28.5 Å². The van der Waals surface area contributed by atoms with Gasteiger partial charge in [0.2, 0.25) is 0 Å². The van der Waals surface area contributed by atoms with Crippen LogP contribution in [0.25, 0.3) is 0 Å². The van der Waals surface area contributed by atoms with E-state index < -0.39 is 5.97 Å². The minimum absolute atomic E-state index is 0.123. The molecule has 0 spiro atoms. The molecule has 0 amide bonds. The molecule has 1 aliphatic heterocycles. The number of carboxylic acids is 1. The first kappa shape index (κ1) is 23.8. The highest BCUT2D eigenvalue weighted by atomic mass is 32.2. The Kier molecular flexibility index (Phi) is 8.99. The lowest BCUT2D eigenvalue weighted by Crippen LogP contribution is -2.35. The van der Waals surface area contributed by atoms with Gasteiger partial charge >= 0.3 is 5.97 Å². The van der Waals surface area contributed by atoms with Gasteiger partial charge in [-0.15, -0.1) is 11.8 Å². The van der Waals surface area contributed by atoms with Gasteiger partial charge in [0.25, 0.3) is 0 Å². The second kappa shape index (κ2) is 11.7. The number of anilines is 2. The number of fused-ring (bicyclic) bond motifs is 1. The molecule has 2 aromatic carbocycles. The number of unbranched alkanes of at least 4 members (excludes halogenated alkanes) is 1. The van der Waals surface area contributed by atoms with Crippen LogP contribution in [0.4, 0.5) is 11.4 Å². The van der Waals surface area contributed by atoms with Crippen LogP contribution >= 0.6 is 23.7 Å². The molecule has 3 rings (SSSR count). The van der Waals surface area contributed by atoms with Gasteiger partial charge in [-0.1, -0.05) is 38.0 Å². The Morgan fingerprint density at radius 3 is 2.71 bits per heavy atom. The molecule has 2 aromatic rings. The van der Waals surface area contributed by atoms with Crippen LogP contribution in [0.3, 0.4) is 0 Å². The Balaban J connectivity index is 1.95. The number of ether oxygens (including phenoxy) is 1. The van der Waals surface area contributed by atoms with Crippen molar-refractivity contribution in [1.29, 1.82) is 0 Å². The van der Waals surface area contributed by atoms with Crippen molar-refractivity contribution in [1.82, 2.24) is 4.31 Å². The van der Waals surface area contributed by atoms with Gasteiger partial charge in [0.05, 0.1) is 22.1 Å². The highest BCUT2D eigenvalue weighted by molar-refractivity contribution is 7.98. The fourth-order valence-electron chi connectivity index (χ4n) is 3.71. The van der Waals surface area contributed by atoms with Gasteiger partial charge in [0.15, 0.2) is 0 Å². The van der Waals surface area contributed by atoms with Crippen LogP contribution in [0.15, 0.2) is 52.3 Å². The van der Waals surface area contributed by atoms with Crippen molar-refractivity contribution in [3.8, 4) is 5.75 Å². The van der Waals surface area contributed by atoms with E-state index in [1.54, 1.807) is 23.7 Å². The molecule has 1 atom stereocenters. The van der Waals surface area contributed by atoms with Crippen LogP contribution < -0.4 is 9.64 Å². The van der Waals surface area contributed by atoms with Crippen LogP contribution in [-0.4, -0.2) is 47.9 Å². The molecule has 1 unspecified atom stereocenters. The monoisotopic (exact) mass is 460 g/mol. The lowest BCUT2D eigenvalue weighted by Gasteiger charge is -2.30. The van der Waals surface area contributed by atoms with Crippen LogP contribution in [0, 0.1) is 0 Å². The summed E-state index contributed by atoms with van der Waals surface area (Å²) in [5, 5.41) is 8.88. The Morgan fingerprint density at radius 1 is 1.26 bits per heavy atom. The number of carbonyl (C=O) groups is 1. The predicted octanol–water partition coefficient (Wildman–Crippen LogP) is 6.30. The van der Waals surface area contributed by atoms with Crippen molar-refractivity contribution in [2.45, 2.75) is 54.9 Å². The van der Waals surface area contributed by atoms with Crippen LogP contribution in [0.1, 0.15) is 39.0 Å². The summed E-state index contributed by atoms with van der Waals surface area (Å²) < 4.78 is 8.40. The van der Waals surface area contributed by atoms with E-state index in [9.17, 15) is 4.79 Å². The number of carboxylic acid groups (broad SMARTS) is 1.